The molecule has 1 aliphatic rings. The maximum Gasteiger partial charge on any atom is 0.225 e. The van der Waals surface area contributed by atoms with Gasteiger partial charge in [0.05, 0.1) is 18.7 Å². The Bertz CT molecular complexity index is 767. The van der Waals surface area contributed by atoms with Crippen LogP contribution in [0.25, 0.3) is 0 Å². The number of furan rings is 1. The van der Waals surface area contributed by atoms with Crippen LogP contribution in [0.5, 0.6) is 0 Å². The summed E-state index contributed by atoms with van der Waals surface area (Å²) in [5.74, 6) is 0.364. The number of carbonyl (C=O) groups excluding carboxylic acids is 2. The minimum Gasteiger partial charge on any atom is -0.467 e. The third kappa shape index (κ3) is 5.23. The second-order valence-electron chi connectivity index (χ2n) is 7.25. The summed E-state index contributed by atoms with van der Waals surface area (Å²) in [6, 6.07) is 12.0. The van der Waals surface area contributed by atoms with Gasteiger partial charge in [-0.3, -0.25) is 14.5 Å². The molecule has 1 aliphatic heterocycles. The Balaban J connectivity index is 1.47. The minimum atomic E-state index is -0.301. The van der Waals surface area contributed by atoms with E-state index in [9.17, 15) is 9.59 Å². The van der Waals surface area contributed by atoms with Gasteiger partial charge in [0.15, 0.2) is 0 Å². The number of amides is 2. The van der Waals surface area contributed by atoms with Gasteiger partial charge in [0.25, 0.3) is 0 Å². The van der Waals surface area contributed by atoms with Crippen LogP contribution in [-0.2, 0) is 29.2 Å². The lowest BCUT2D eigenvalue weighted by atomic mass is 10.1. The topological polar surface area (TPSA) is 65.8 Å². The Hall–Kier alpha value is -2.60. The van der Waals surface area contributed by atoms with E-state index in [4.69, 9.17) is 4.42 Å². The fraction of sp³-hybridized carbons (Fsp3) is 0.455. The summed E-state index contributed by atoms with van der Waals surface area (Å²) in [7, 11) is 0. The molecule has 6 nitrogen and oxygen atoms in total. The molecule has 0 saturated carbocycles. The summed E-state index contributed by atoms with van der Waals surface area (Å²) in [6.07, 6.45) is 1.85. The number of nitrogens with one attached hydrogen (secondary N) is 1. The molecule has 1 aromatic heterocycles. The molecule has 0 radical (unpaired) electrons. The van der Waals surface area contributed by atoms with Gasteiger partial charge >= 0.3 is 0 Å². The molecule has 1 fully saturated rings. The van der Waals surface area contributed by atoms with Gasteiger partial charge in [-0.1, -0.05) is 38.1 Å². The van der Waals surface area contributed by atoms with Crippen molar-refractivity contribution in [3.8, 4) is 0 Å². The molecule has 1 saturated heterocycles. The average molecular weight is 383 g/mol. The first-order valence-corrected chi connectivity index (χ1v) is 9.97. The summed E-state index contributed by atoms with van der Waals surface area (Å²) in [5.41, 5.74) is 2.34. The standard InChI is InChI=1S/C22H29N3O3/c1-3-24(4-2)14-18-9-7-17(8-10-18)13-23-22(27)19-12-21(26)25(15-19)16-20-6-5-11-28-20/h5-11,19H,3-4,12-16H2,1-2H3,(H,23,27)/t19-/m1/s1. The zero-order valence-corrected chi connectivity index (χ0v) is 16.7. The first-order valence-electron chi connectivity index (χ1n) is 9.97. The molecule has 28 heavy (non-hydrogen) atoms. The lowest BCUT2D eigenvalue weighted by Crippen LogP contribution is -2.32. The van der Waals surface area contributed by atoms with Gasteiger partial charge in [-0.15, -0.1) is 0 Å². The highest BCUT2D eigenvalue weighted by atomic mass is 16.3. The summed E-state index contributed by atoms with van der Waals surface area (Å²) >= 11 is 0. The van der Waals surface area contributed by atoms with E-state index in [-0.39, 0.29) is 24.2 Å². The minimum absolute atomic E-state index is 0.00249. The van der Waals surface area contributed by atoms with Crippen molar-refractivity contribution >= 4 is 11.8 Å². The zero-order valence-electron chi connectivity index (χ0n) is 16.7. The average Bonchev–Trinajstić information content (AvgIpc) is 3.35. The highest BCUT2D eigenvalue weighted by Crippen LogP contribution is 2.20. The Kier molecular flexibility index (Phi) is 6.87. The highest BCUT2D eigenvalue weighted by molar-refractivity contribution is 5.89. The van der Waals surface area contributed by atoms with E-state index in [0.29, 0.717) is 19.6 Å². The molecule has 6 heteroatoms. The van der Waals surface area contributed by atoms with Crippen molar-refractivity contribution in [1.82, 2.24) is 15.1 Å². The third-order valence-corrected chi connectivity index (χ3v) is 5.30. The van der Waals surface area contributed by atoms with E-state index in [1.54, 1.807) is 17.2 Å². The quantitative estimate of drug-likeness (QED) is 0.723. The smallest absolute Gasteiger partial charge is 0.225 e. The predicted octanol–water partition coefficient (Wildman–Crippen LogP) is 2.79. The molecule has 2 aromatic rings. The molecule has 2 amide bonds. The largest absolute Gasteiger partial charge is 0.467 e. The predicted molar refractivity (Wildman–Crippen MR) is 107 cm³/mol. The number of hydrogen-bond acceptors (Lipinski definition) is 4. The van der Waals surface area contributed by atoms with Crippen LogP contribution in [0.15, 0.2) is 47.1 Å². The monoisotopic (exact) mass is 383 g/mol. The van der Waals surface area contributed by atoms with Crippen molar-refractivity contribution < 1.29 is 14.0 Å². The van der Waals surface area contributed by atoms with Crippen LogP contribution in [0, 0.1) is 5.92 Å². The van der Waals surface area contributed by atoms with Crippen molar-refractivity contribution in [3.05, 3.63) is 59.5 Å². The highest BCUT2D eigenvalue weighted by Gasteiger charge is 2.34. The first kappa shape index (κ1) is 20.1. The number of nitrogens with zero attached hydrogens (tertiary/aromatic N) is 2. The zero-order chi connectivity index (χ0) is 19.9. The summed E-state index contributed by atoms with van der Waals surface area (Å²) in [6.45, 7) is 8.67. The van der Waals surface area contributed by atoms with Crippen LogP contribution in [0.1, 0.15) is 37.2 Å². The van der Waals surface area contributed by atoms with E-state index in [0.717, 1.165) is 31.0 Å². The Labute approximate surface area is 166 Å². The van der Waals surface area contributed by atoms with Crippen LogP contribution < -0.4 is 5.32 Å². The molecule has 2 heterocycles. The van der Waals surface area contributed by atoms with Crippen LogP contribution in [0.3, 0.4) is 0 Å². The third-order valence-electron chi connectivity index (χ3n) is 5.30. The molecular weight excluding hydrogens is 354 g/mol. The second kappa shape index (κ2) is 9.55. The normalized spacial score (nSPS) is 16.8. The van der Waals surface area contributed by atoms with Crippen LogP contribution in [0.4, 0.5) is 0 Å². The Morgan fingerprint density at radius 1 is 1.18 bits per heavy atom. The van der Waals surface area contributed by atoms with E-state index in [2.05, 4.69) is 48.3 Å². The Morgan fingerprint density at radius 3 is 2.54 bits per heavy atom. The maximum atomic E-state index is 12.5. The number of hydrogen-bond donors (Lipinski definition) is 1. The van der Waals surface area contributed by atoms with Crippen molar-refractivity contribution in [3.63, 3.8) is 0 Å². The molecule has 150 valence electrons. The molecule has 0 bridgehead atoms. The van der Waals surface area contributed by atoms with E-state index >= 15 is 0 Å². The van der Waals surface area contributed by atoms with Gasteiger partial charge in [-0.05, 0) is 36.3 Å². The van der Waals surface area contributed by atoms with E-state index in [1.165, 1.54) is 5.56 Å². The van der Waals surface area contributed by atoms with Crippen LogP contribution >= 0.6 is 0 Å². The second-order valence-corrected chi connectivity index (χ2v) is 7.25. The van der Waals surface area contributed by atoms with Crippen molar-refractivity contribution in [2.75, 3.05) is 19.6 Å². The van der Waals surface area contributed by atoms with Gasteiger partial charge in [-0.25, -0.2) is 0 Å². The van der Waals surface area contributed by atoms with Gasteiger partial charge in [0.1, 0.15) is 5.76 Å². The molecule has 0 aliphatic carbocycles. The Morgan fingerprint density at radius 2 is 1.89 bits per heavy atom. The number of benzene rings is 1. The fourth-order valence-electron chi connectivity index (χ4n) is 3.49. The summed E-state index contributed by atoms with van der Waals surface area (Å²) < 4.78 is 5.30. The lowest BCUT2D eigenvalue weighted by Gasteiger charge is -2.18. The van der Waals surface area contributed by atoms with E-state index in [1.807, 2.05) is 6.07 Å². The molecule has 0 unspecified atom stereocenters. The molecule has 1 N–H and O–H groups in total. The van der Waals surface area contributed by atoms with Gasteiger partial charge in [0, 0.05) is 26.1 Å². The fourth-order valence-corrected chi connectivity index (χ4v) is 3.49. The number of carbonyl (C=O) groups is 2. The van der Waals surface area contributed by atoms with Crippen LogP contribution in [-0.4, -0.2) is 41.2 Å². The molecule has 0 spiro atoms. The van der Waals surface area contributed by atoms with Gasteiger partial charge < -0.3 is 14.6 Å². The SMILES string of the molecule is CCN(CC)Cc1ccc(CNC(=O)[C@@H]2CC(=O)N(Cc3ccco3)C2)cc1. The molecule has 3 rings (SSSR count). The molecule has 1 aromatic carbocycles. The van der Waals surface area contributed by atoms with Gasteiger partial charge in [-0.2, -0.15) is 0 Å². The maximum absolute atomic E-state index is 12.5. The van der Waals surface area contributed by atoms with Crippen molar-refractivity contribution in [1.29, 1.82) is 0 Å². The van der Waals surface area contributed by atoms with Gasteiger partial charge in [0.2, 0.25) is 11.8 Å². The lowest BCUT2D eigenvalue weighted by molar-refractivity contribution is -0.129. The first-order chi connectivity index (χ1) is 13.6. The summed E-state index contributed by atoms with van der Waals surface area (Å²) in [5, 5.41) is 2.97. The molecular formula is C22H29N3O3. The van der Waals surface area contributed by atoms with Crippen LogP contribution in [0.2, 0.25) is 0 Å². The van der Waals surface area contributed by atoms with Crippen molar-refractivity contribution in [2.45, 2.75) is 39.9 Å². The number of rotatable bonds is 9. The summed E-state index contributed by atoms with van der Waals surface area (Å²) in [4.78, 5) is 28.7. The number of likely N-dealkylation sites (tertiary alicyclic amines) is 1. The van der Waals surface area contributed by atoms with Crippen molar-refractivity contribution in [2.24, 2.45) is 5.92 Å². The van der Waals surface area contributed by atoms with E-state index < -0.39 is 0 Å². The molecule has 1 atom stereocenters.